The highest BCUT2D eigenvalue weighted by atomic mass is 35.5. The molecule has 2 aromatic carbocycles. The molecule has 1 fully saturated rings. The van der Waals surface area contributed by atoms with Crippen LogP contribution in [-0.2, 0) is 4.74 Å². The number of carbonyl (C=O) groups is 2. The first kappa shape index (κ1) is 22.9. The first-order valence-electron chi connectivity index (χ1n) is 10.1. The van der Waals surface area contributed by atoms with E-state index in [1.54, 1.807) is 37.8 Å². The SMILES string of the molecule is CC(C)(C)OC(=O)Nc1cc(C(=O)N2CCC(Oc3ccc(Cl)cc3)CC2)ccc1F. The summed E-state index contributed by atoms with van der Waals surface area (Å²) in [6, 6.07) is 11.1. The third-order valence-corrected chi connectivity index (χ3v) is 4.95. The van der Waals surface area contributed by atoms with Crippen molar-refractivity contribution in [3.63, 3.8) is 0 Å². The fourth-order valence-corrected chi connectivity index (χ4v) is 3.36. The number of amides is 2. The van der Waals surface area contributed by atoms with Crippen LogP contribution < -0.4 is 10.1 Å². The Kier molecular flexibility index (Phi) is 7.05. The summed E-state index contributed by atoms with van der Waals surface area (Å²) in [6.45, 7) is 6.17. The number of anilines is 1. The molecule has 1 aliphatic heterocycles. The van der Waals surface area contributed by atoms with Gasteiger partial charge in [0.15, 0.2) is 0 Å². The second-order valence-electron chi connectivity index (χ2n) is 8.38. The average molecular weight is 449 g/mol. The predicted octanol–water partition coefficient (Wildman–Crippen LogP) is 5.51. The number of piperidine rings is 1. The molecule has 0 unspecified atom stereocenters. The third-order valence-electron chi connectivity index (χ3n) is 4.69. The van der Waals surface area contributed by atoms with Crippen LogP contribution in [0.5, 0.6) is 5.75 Å². The molecular weight excluding hydrogens is 423 g/mol. The van der Waals surface area contributed by atoms with Gasteiger partial charge in [-0.05, 0) is 63.2 Å². The lowest BCUT2D eigenvalue weighted by Crippen LogP contribution is -2.41. The van der Waals surface area contributed by atoms with Gasteiger partial charge >= 0.3 is 6.09 Å². The summed E-state index contributed by atoms with van der Waals surface area (Å²) >= 11 is 5.89. The van der Waals surface area contributed by atoms with Gasteiger partial charge in [0.1, 0.15) is 23.3 Å². The van der Waals surface area contributed by atoms with E-state index in [1.807, 2.05) is 12.1 Å². The number of likely N-dealkylation sites (tertiary alicyclic amines) is 1. The Morgan fingerprint density at radius 2 is 1.74 bits per heavy atom. The lowest BCUT2D eigenvalue weighted by Gasteiger charge is -2.32. The highest BCUT2D eigenvalue weighted by Crippen LogP contribution is 2.23. The number of nitrogens with zero attached hydrogens (tertiary/aromatic N) is 1. The van der Waals surface area contributed by atoms with Crippen LogP contribution in [0.15, 0.2) is 42.5 Å². The number of ether oxygens (including phenoxy) is 2. The lowest BCUT2D eigenvalue weighted by molar-refractivity contribution is 0.0591. The Morgan fingerprint density at radius 1 is 1.10 bits per heavy atom. The van der Waals surface area contributed by atoms with Crippen molar-refractivity contribution < 1.29 is 23.5 Å². The molecule has 1 aliphatic rings. The van der Waals surface area contributed by atoms with Crippen LogP contribution in [0.1, 0.15) is 44.0 Å². The van der Waals surface area contributed by atoms with Crippen molar-refractivity contribution in [3.05, 3.63) is 58.9 Å². The minimum absolute atomic E-state index is 0.00263. The van der Waals surface area contributed by atoms with Crippen LogP contribution in [0.25, 0.3) is 0 Å². The highest BCUT2D eigenvalue weighted by molar-refractivity contribution is 6.30. The molecule has 1 N–H and O–H groups in total. The molecule has 0 bridgehead atoms. The molecule has 0 aliphatic carbocycles. The maximum absolute atomic E-state index is 14.1. The molecule has 8 heteroatoms. The van der Waals surface area contributed by atoms with Gasteiger partial charge in [0, 0.05) is 36.5 Å². The van der Waals surface area contributed by atoms with Crippen molar-refractivity contribution in [1.82, 2.24) is 4.90 Å². The summed E-state index contributed by atoms with van der Waals surface area (Å²) in [6.07, 6.45) is 0.580. The molecule has 31 heavy (non-hydrogen) atoms. The molecule has 0 spiro atoms. The number of nitrogens with one attached hydrogen (secondary N) is 1. The summed E-state index contributed by atoms with van der Waals surface area (Å²) in [4.78, 5) is 26.5. The van der Waals surface area contributed by atoms with Crippen LogP contribution in [-0.4, -0.2) is 41.7 Å². The number of halogens is 2. The number of carbonyl (C=O) groups excluding carboxylic acids is 2. The zero-order chi connectivity index (χ0) is 22.6. The van der Waals surface area contributed by atoms with Gasteiger partial charge in [0.2, 0.25) is 0 Å². The van der Waals surface area contributed by atoms with Crippen molar-refractivity contribution in [2.75, 3.05) is 18.4 Å². The number of hydrogen-bond donors (Lipinski definition) is 1. The molecule has 0 atom stereocenters. The molecule has 166 valence electrons. The monoisotopic (exact) mass is 448 g/mol. The molecule has 0 radical (unpaired) electrons. The summed E-state index contributed by atoms with van der Waals surface area (Å²) in [5, 5.41) is 3.01. The molecule has 0 saturated carbocycles. The van der Waals surface area contributed by atoms with Crippen LogP contribution in [0, 0.1) is 5.82 Å². The van der Waals surface area contributed by atoms with Crippen molar-refractivity contribution in [2.45, 2.75) is 45.3 Å². The van der Waals surface area contributed by atoms with Gasteiger partial charge in [0.05, 0.1) is 5.69 Å². The summed E-state index contributed by atoms with van der Waals surface area (Å²) in [5.41, 5.74) is -0.516. The van der Waals surface area contributed by atoms with E-state index in [2.05, 4.69) is 5.32 Å². The van der Waals surface area contributed by atoms with Crippen LogP contribution in [0.4, 0.5) is 14.9 Å². The fraction of sp³-hybridized carbons (Fsp3) is 0.391. The molecule has 3 rings (SSSR count). The second-order valence-corrected chi connectivity index (χ2v) is 8.82. The highest BCUT2D eigenvalue weighted by Gasteiger charge is 2.26. The van der Waals surface area contributed by atoms with Gasteiger partial charge in [0.25, 0.3) is 5.91 Å². The maximum Gasteiger partial charge on any atom is 0.412 e. The van der Waals surface area contributed by atoms with Crippen molar-refractivity contribution in [3.8, 4) is 5.75 Å². The Morgan fingerprint density at radius 3 is 2.35 bits per heavy atom. The normalized spacial score (nSPS) is 14.8. The van der Waals surface area contributed by atoms with Crippen LogP contribution in [0.2, 0.25) is 5.02 Å². The van der Waals surface area contributed by atoms with Crippen LogP contribution >= 0.6 is 11.6 Å². The first-order chi connectivity index (χ1) is 14.6. The molecular formula is C23H26ClFN2O4. The number of rotatable bonds is 4. The largest absolute Gasteiger partial charge is 0.490 e. The lowest BCUT2D eigenvalue weighted by atomic mass is 10.1. The zero-order valence-corrected chi connectivity index (χ0v) is 18.5. The quantitative estimate of drug-likeness (QED) is 0.669. The summed E-state index contributed by atoms with van der Waals surface area (Å²) in [7, 11) is 0. The van der Waals surface area contributed by atoms with Gasteiger partial charge in [-0.3, -0.25) is 10.1 Å². The Labute approximate surface area is 186 Å². The molecule has 2 amide bonds. The standard InChI is InChI=1S/C23H26ClFN2O4/c1-23(2,3)31-22(29)26-20-14-15(4-9-19(20)25)21(28)27-12-10-18(11-13-27)30-17-7-5-16(24)6-8-17/h4-9,14,18H,10-13H2,1-3H3,(H,26,29). The first-order valence-corrected chi connectivity index (χ1v) is 10.5. The Hall–Kier alpha value is -2.80. The van der Waals surface area contributed by atoms with Gasteiger partial charge in [-0.2, -0.15) is 0 Å². The Bertz CT molecular complexity index is 936. The van der Waals surface area contributed by atoms with E-state index >= 15 is 0 Å². The molecule has 6 nitrogen and oxygen atoms in total. The van der Waals surface area contributed by atoms with E-state index in [1.165, 1.54) is 12.1 Å². The van der Waals surface area contributed by atoms with Gasteiger partial charge < -0.3 is 14.4 Å². The molecule has 2 aromatic rings. The maximum atomic E-state index is 14.1. The smallest absolute Gasteiger partial charge is 0.412 e. The van der Waals surface area contributed by atoms with Crippen molar-refractivity contribution in [1.29, 1.82) is 0 Å². The van der Waals surface area contributed by atoms with Crippen LogP contribution in [0.3, 0.4) is 0 Å². The van der Waals surface area contributed by atoms with E-state index in [0.717, 1.165) is 11.8 Å². The van der Waals surface area contributed by atoms with Gasteiger partial charge in [-0.15, -0.1) is 0 Å². The molecule has 1 heterocycles. The summed E-state index contributed by atoms with van der Waals surface area (Å²) in [5.74, 6) is -0.125. The molecule has 0 aromatic heterocycles. The van der Waals surface area contributed by atoms with Crippen molar-refractivity contribution in [2.24, 2.45) is 0 Å². The zero-order valence-electron chi connectivity index (χ0n) is 17.8. The Balaban J connectivity index is 1.59. The van der Waals surface area contributed by atoms with E-state index in [9.17, 15) is 14.0 Å². The van der Waals surface area contributed by atoms with Gasteiger partial charge in [-0.25, -0.2) is 9.18 Å². The third kappa shape index (κ3) is 6.59. The van der Waals surface area contributed by atoms with E-state index in [4.69, 9.17) is 21.1 Å². The second kappa shape index (κ2) is 9.56. The minimum Gasteiger partial charge on any atom is -0.490 e. The van der Waals surface area contributed by atoms with E-state index < -0.39 is 17.5 Å². The van der Waals surface area contributed by atoms with Gasteiger partial charge in [-0.1, -0.05) is 11.6 Å². The van der Waals surface area contributed by atoms with E-state index in [-0.39, 0.29) is 17.7 Å². The average Bonchev–Trinajstić information content (AvgIpc) is 2.70. The topological polar surface area (TPSA) is 67.9 Å². The number of benzene rings is 2. The van der Waals surface area contributed by atoms with Crippen molar-refractivity contribution >= 4 is 29.3 Å². The summed E-state index contributed by atoms with van der Waals surface area (Å²) < 4.78 is 25.2. The number of hydrogen-bond acceptors (Lipinski definition) is 4. The molecule has 1 saturated heterocycles. The van der Waals surface area contributed by atoms with E-state index in [0.29, 0.717) is 36.5 Å². The minimum atomic E-state index is -0.781. The predicted molar refractivity (Wildman–Crippen MR) is 117 cm³/mol. The fourth-order valence-electron chi connectivity index (χ4n) is 3.23.